The van der Waals surface area contributed by atoms with Gasteiger partial charge in [-0.15, -0.1) is 0 Å². The molecule has 0 atom stereocenters. The number of nitrogens with zero attached hydrogens (tertiary/aromatic N) is 1. The lowest BCUT2D eigenvalue weighted by molar-refractivity contribution is 0.299. The zero-order chi connectivity index (χ0) is 11.2. The van der Waals surface area contributed by atoms with Gasteiger partial charge in [-0.3, -0.25) is 0 Å². The molecule has 84 valence electrons. The van der Waals surface area contributed by atoms with Crippen LogP contribution in [0.4, 0.5) is 0 Å². The Hall–Kier alpha value is -1.09. The minimum Gasteiger partial charge on any atom is -0.478 e. The Morgan fingerprint density at radius 1 is 1.06 bits per heavy atom. The molecule has 0 unspecified atom stereocenters. The normalized spacial score (nSPS) is 10.6. The zero-order valence-electron chi connectivity index (χ0n) is 9.03. The molecular formula is C13H14BrNO. The van der Waals surface area contributed by atoms with Crippen molar-refractivity contribution in [2.75, 3.05) is 11.9 Å². The van der Waals surface area contributed by atoms with Crippen LogP contribution in [0.25, 0.3) is 10.9 Å². The number of para-hydroxylation sites is 1. The first-order valence-electron chi connectivity index (χ1n) is 5.45. The number of pyridine rings is 1. The summed E-state index contributed by atoms with van der Waals surface area (Å²) in [6.45, 7) is 0.733. The number of benzene rings is 1. The van der Waals surface area contributed by atoms with E-state index in [0.29, 0.717) is 5.88 Å². The summed E-state index contributed by atoms with van der Waals surface area (Å²) in [5.41, 5.74) is 0.987. The standard InChI is InChI=1S/C13H14BrNO/c14-9-3-4-10-16-13-8-7-11-5-1-2-6-12(11)15-13/h1-2,5-8H,3-4,9-10H2. The summed E-state index contributed by atoms with van der Waals surface area (Å²) in [7, 11) is 0. The van der Waals surface area contributed by atoms with Crippen molar-refractivity contribution in [3.63, 3.8) is 0 Å². The highest BCUT2D eigenvalue weighted by Crippen LogP contribution is 2.16. The third kappa shape index (κ3) is 2.95. The minimum atomic E-state index is 0.716. The van der Waals surface area contributed by atoms with Crippen molar-refractivity contribution in [2.45, 2.75) is 12.8 Å². The third-order valence-electron chi connectivity index (χ3n) is 2.35. The molecule has 0 aliphatic carbocycles. The van der Waals surface area contributed by atoms with Crippen molar-refractivity contribution in [1.82, 2.24) is 4.98 Å². The van der Waals surface area contributed by atoms with Gasteiger partial charge in [0.25, 0.3) is 0 Å². The number of alkyl halides is 1. The molecule has 3 heteroatoms. The van der Waals surface area contributed by atoms with E-state index < -0.39 is 0 Å². The predicted octanol–water partition coefficient (Wildman–Crippen LogP) is 3.79. The summed E-state index contributed by atoms with van der Waals surface area (Å²) >= 11 is 3.40. The maximum atomic E-state index is 5.58. The Balaban J connectivity index is 2.02. The first kappa shape index (κ1) is 11.4. The molecule has 0 spiro atoms. The van der Waals surface area contributed by atoms with E-state index in [1.54, 1.807) is 0 Å². The average Bonchev–Trinajstić information content (AvgIpc) is 2.34. The van der Waals surface area contributed by atoms with Crippen LogP contribution in [-0.4, -0.2) is 16.9 Å². The van der Waals surface area contributed by atoms with Crippen LogP contribution in [0, 0.1) is 0 Å². The van der Waals surface area contributed by atoms with Crippen LogP contribution in [0.15, 0.2) is 36.4 Å². The summed E-state index contributed by atoms with van der Waals surface area (Å²) in [6.07, 6.45) is 2.19. The van der Waals surface area contributed by atoms with E-state index >= 15 is 0 Å². The minimum absolute atomic E-state index is 0.716. The van der Waals surface area contributed by atoms with E-state index in [2.05, 4.69) is 27.0 Å². The topological polar surface area (TPSA) is 22.1 Å². The van der Waals surface area contributed by atoms with Crippen molar-refractivity contribution in [2.24, 2.45) is 0 Å². The van der Waals surface area contributed by atoms with Crippen LogP contribution in [0.2, 0.25) is 0 Å². The van der Waals surface area contributed by atoms with Gasteiger partial charge < -0.3 is 4.74 Å². The predicted molar refractivity (Wildman–Crippen MR) is 70.3 cm³/mol. The second kappa shape index (κ2) is 5.85. The second-order valence-electron chi connectivity index (χ2n) is 3.59. The summed E-state index contributed by atoms with van der Waals surface area (Å²) in [5.74, 6) is 0.716. The van der Waals surface area contributed by atoms with Crippen molar-refractivity contribution >= 4 is 26.8 Å². The van der Waals surface area contributed by atoms with Gasteiger partial charge in [0.2, 0.25) is 5.88 Å². The van der Waals surface area contributed by atoms with Crippen molar-refractivity contribution in [3.05, 3.63) is 36.4 Å². The molecule has 0 radical (unpaired) electrons. The summed E-state index contributed by atoms with van der Waals surface area (Å²) in [4.78, 5) is 4.44. The number of rotatable bonds is 5. The molecule has 16 heavy (non-hydrogen) atoms. The molecule has 2 rings (SSSR count). The van der Waals surface area contributed by atoms with E-state index in [-0.39, 0.29) is 0 Å². The van der Waals surface area contributed by atoms with E-state index in [9.17, 15) is 0 Å². The van der Waals surface area contributed by atoms with Crippen LogP contribution >= 0.6 is 15.9 Å². The smallest absolute Gasteiger partial charge is 0.213 e. The van der Waals surface area contributed by atoms with E-state index in [1.807, 2.05) is 30.3 Å². The number of hydrogen-bond acceptors (Lipinski definition) is 2. The number of fused-ring (bicyclic) bond motifs is 1. The monoisotopic (exact) mass is 279 g/mol. The van der Waals surface area contributed by atoms with Gasteiger partial charge in [0.1, 0.15) is 0 Å². The van der Waals surface area contributed by atoms with E-state index in [1.165, 1.54) is 0 Å². The van der Waals surface area contributed by atoms with Crippen molar-refractivity contribution in [3.8, 4) is 5.88 Å². The Morgan fingerprint density at radius 2 is 1.94 bits per heavy atom. The first-order valence-corrected chi connectivity index (χ1v) is 6.57. The molecule has 1 aromatic carbocycles. The first-order chi connectivity index (χ1) is 7.90. The summed E-state index contributed by atoms with van der Waals surface area (Å²) in [6, 6.07) is 12.0. The van der Waals surface area contributed by atoms with Crippen LogP contribution < -0.4 is 4.74 Å². The quantitative estimate of drug-likeness (QED) is 0.614. The van der Waals surface area contributed by atoms with Gasteiger partial charge in [0, 0.05) is 16.8 Å². The Morgan fingerprint density at radius 3 is 2.81 bits per heavy atom. The van der Waals surface area contributed by atoms with E-state index in [0.717, 1.165) is 35.7 Å². The van der Waals surface area contributed by atoms with Gasteiger partial charge in [-0.05, 0) is 25.0 Å². The van der Waals surface area contributed by atoms with Crippen LogP contribution in [0.3, 0.4) is 0 Å². The molecule has 2 nitrogen and oxygen atoms in total. The number of hydrogen-bond donors (Lipinski definition) is 0. The Labute approximate surface area is 104 Å². The van der Waals surface area contributed by atoms with Gasteiger partial charge in [0.05, 0.1) is 12.1 Å². The largest absolute Gasteiger partial charge is 0.478 e. The summed E-state index contributed by atoms with van der Waals surface area (Å²) in [5, 5.41) is 2.18. The van der Waals surface area contributed by atoms with Crippen molar-refractivity contribution < 1.29 is 4.74 Å². The Bertz CT molecular complexity index is 458. The number of halogens is 1. The number of ether oxygens (including phenoxy) is 1. The van der Waals surface area contributed by atoms with Gasteiger partial charge >= 0.3 is 0 Å². The van der Waals surface area contributed by atoms with Crippen LogP contribution in [0.1, 0.15) is 12.8 Å². The fraction of sp³-hybridized carbons (Fsp3) is 0.308. The van der Waals surface area contributed by atoms with Crippen LogP contribution in [-0.2, 0) is 0 Å². The van der Waals surface area contributed by atoms with Crippen LogP contribution in [0.5, 0.6) is 5.88 Å². The molecule has 1 heterocycles. The zero-order valence-corrected chi connectivity index (χ0v) is 10.6. The van der Waals surface area contributed by atoms with Gasteiger partial charge in [-0.1, -0.05) is 34.1 Å². The van der Waals surface area contributed by atoms with Gasteiger partial charge in [-0.25, -0.2) is 4.98 Å². The molecule has 0 aliphatic rings. The molecule has 0 amide bonds. The van der Waals surface area contributed by atoms with Gasteiger partial charge in [0.15, 0.2) is 0 Å². The fourth-order valence-corrected chi connectivity index (χ4v) is 1.90. The third-order valence-corrected chi connectivity index (χ3v) is 2.91. The van der Waals surface area contributed by atoms with Crippen molar-refractivity contribution in [1.29, 1.82) is 0 Å². The maximum absolute atomic E-state index is 5.58. The Kier molecular flexibility index (Phi) is 4.17. The fourth-order valence-electron chi connectivity index (χ4n) is 1.50. The molecule has 0 fully saturated rings. The molecule has 0 N–H and O–H groups in total. The lowest BCUT2D eigenvalue weighted by Gasteiger charge is -2.05. The molecule has 0 saturated carbocycles. The maximum Gasteiger partial charge on any atom is 0.213 e. The number of unbranched alkanes of at least 4 members (excludes halogenated alkanes) is 1. The van der Waals surface area contributed by atoms with Gasteiger partial charge in [-0.2, -0.15) is 0 Å². The highest BCUT2D eigenvalue weighted by molar-refractivity contribution is 9.09. The molecule has 2 aromatic rings. The SMILES string of the molecule is BrCCCCOc1ccc2ccccc2n1. The molecule has 1 aromatic heterocycles. The number of aromatic nitrogens is 1. The highest BCUT2D eigenvalue weighted by Gasteiger charge is 1.98. The lowest BCUT2D eigenvalue weighted by Crippen LogP contribution is -1.99. The highest BCUT2D eigenvalue weighted by atomic mass is 79.9. The summed E-state index contributed by atoms with van der Waals surface area (Å²) < 4.78 is 5.58. The average molecular weight is 280 g/mol. The molecule has 0 bridgehead atoms. The second-order valence-corrected chi connectivity index (χ2v) is 4.38. The molecule has 0 aliphatic heterocycles. The van der Waals surface area contributed by atoms with E-state index in [4.69, 9.17) is 4.74 Å². The molecular weight excluding hydrogens is 266 g/mol. The lowest BCUT2D eigenvalue weighted by atomic mass is 10.2. The molecule has 0 saturated heterocycles.